The number of hydrogen-bond acceptors (Lipinski definition) is 4. The molecule has 0 aliphatic carbocycles. The molecule has 0 aromatic carbocycles. The van der Waals surface area contributed by atoms with Crippen LogP contribution in [-0.2, 0) is 6.54 Å². The molecule has 6 heteroatoms. The van der Waals surface area contributed by atoms with Crippen molar-refractivity contribution in [2.24, 2.45) is 4.99 Å². The van der Waals surface area contributed by atoms with Crippen molar-refractivity contribution in [2.75, 3.05) is 26.7 Å². The highest BCUT2D eigenvalue weighted by Gasteiger charge is 2.20. The molecule has 2 aromatic rings. The number of pyridine rings is 1. The fourth-order valence-corrected chi connectivity index (χ4v) is 4.05. The Morgan fingerprint density at radius 1 is 1.35 bits per heavy atom. The molecule has 1 saturated heterocycles. The molecule has 0 saturated carbocycles. The SMILES string of the molecule is CN=C(NCC(C)c1ccsc1)NC1CCN(Cc2ccccn2)CC1. The van der Waals surface area contributed by atoms with Gasteiger partial charge >= 0.3 is 0 Å². The highest BCUT2D eigenvalue weighted by Crippen LogP contribution is 2.17. The van der Waals surface area contributed by atoms with Gasteiger partial charge in [-0.15, -0.1) is 0 Å². The predicted molar refractivity (Wildman–Crippen MR) is 110 cm³/mol. The maximum atomic E-state index is 4.43. The van der Waals surface area contributed by atoms with Crippen molar-refractivity contribution in [1.82, 2.24) is 20.5 Å². The third-order valence-electron chi connectivity index (χ3n) is 4.95. The van der Waals surface area contributed by atoms with Gasteiger partial charge < -0.3 is 10.6 Å². The average molecular weight is 372 g/mol. The van der Waals surface area contributed by atoms with Crippen LogP contribution in [0.4, 0.5) is 0 Å². The van der Waals surface area contributed by atoms with Crippen LogP contribution in [0.15, 0.2) is 46.2 Å². The molecule has 1 aliphatic rings. The molecular weight excluding hydrogens is 342 g/mol. The maximum absolute atomic E-state index is 4.43. The lowest BCUT2D eigenvalue weighted by Crippen LogP contribution is -2.49. The summed E-state index contributed by atoms with van der Waals surface area (Å²) in [6.45, 7) is 6.28. The van der Waals surface area contributed by atoms with Crippen LogP contribution in [0.5, 0.6) is 0 Å². The minimum absolute atomic E-state index is 0.484. The molecule has 2 N–H and O–H groups in total. The van der Waals surface area contributed by atoms with Crippen LogP contribution in [0.3, 0.4) is 0 Å². The largest absolute Gasteiger partial charge is 0.356 e. The quantitative estimate of drug-likeness (QED) is 0.605. The van der Waals surface area contributed by atoms with Crippen LogP contribution in [-0.4, -0.2) is 48.6 Å². The molecule has 2 aromatic heterocycles. The van der Waals surface area contributed by atoms with Crippen molar-refractivity contribution in [2.45, 2.75) is 38.3 Å². The third-order valence-corrected chi connectivity index (χ3v) is 5.65. The number of rotatable bonds is 6. The Balaban J connectivity index is 1.40. The maximum Gasteiger partial charge on any atom is 0.191 e. The number of nitrogens with one attached hydrogen (secondary N) is 2. The van der Waals surface area contributed by atoms with Crippen LogP contribution in [0.1, 0.15) is 36.9 Å². The number of nitrogens with zero attached hydrogens (tertiary/aromatic N) is 3. The molecule has 0 amide bonds. The van der Waals surface area contributed by atoms with E-state index >= 15 is 0 Å². The molecule has 140 valence electrons. The number of aliphatic imine (C=N–C) groups is 1. The molecule has 0 spiro atoms. The van der Waals surface area contributed by atoms with E-state index in [1.807, 2.05) is 19.3 Å². The molecule has 0 radical (unpaired) electrons. The molecule has 1 aliphatic heterocycles. The summed E-state index contributed by atoms with van der Waals surface area (Å²) in [7, 11) is 1.85. The lowest BCUT2D eigenvalue weighted by molar-refractivity contribution is 0.196. The van der Waals surface area contributed by atoms with Gasteiger partial charge in [0.05, 0.1) is 5.69 Å². The van der Waals surface area contributed by atoms with Crippen molar-refractivity contribution in [3.63, 3.8) is 0 Å². The van der Waals surface area contributed by atoms with Gasteiger partial charge in [-0.05, 0) is 53.3 Å². The van der Waals surface area contributed by atoms with E-state index in [1.54, 1.807) is 11.3 Å². The summed E-state index contributed by atoms with van der Waals surface area (Å²) in [6, 6.07) is 8.81. The van der Waals surface area contributed by atoms with Gasteiger partial charge in [0.2, 0.25) is 0 Å². The standard InChI is InChI=1S/C20H29N5S/c1-16(17-8-12-26-15-17)13-23-20(21-2)24-18-6-10-25(11-7-18)14-19-5-3-4-9-22-19/h3-5,8-9,12,15-16,18H,6-7,10-11,13-14H2,1-2H3,(H2,21,23,24). The number of guanidine groups is 1. The first-order chi connectivity index (χ1) is 12.7. The van der Waals surface area contributed by atoms with Gasteiger partial charge in [-0.25, -0.2) is 0 Å². The highest BCUT2D eigenvalue weighted by molar-refractivity contribution is 7.07. The monoisotopic (exact) mass is 371 g/mol. The smallest absolute Gasteiger partial charge is 0.191 e. The molecule has 5 nitrogen and oxygen atoms in total. The summed E-state index contributed by atoms with van der Waals surface area (Å²) in [5, 5.41) is 11.4. The molecule has 3 rings (SSSR count). The Kier molecular flexibility index (Phi) is 7.03. The van der Waals surface area contributed by atoms with E-state index in [4.69, 9.17) is 0 Å². The number of thiophene rings is 1. The first-order valence-electron chi connectivity index (χ1n) is 9.36. The van der Waals surface area contributed by atoms with Gasteiger partial charge in [-0.2, -0.15) is 11.3 Å². The van der Waals surface area contributed by atoms with Gasteiger partial charge in [-0.3, -0.25) is 14.9 Å². The molecular formula is C20H29N5S. The Morgan fingerprint density at radius 3 is 2.85 bits per heavy atom. The number of aromatic nitrogens is 1. The van der Waals surface area contributed by atoms with Crippen molar-refractivity contribution < 1.29 is 0 Å². The first kappa shape index (κ1) is 18.9. The van der Waals surface area contributed by atoms with Gasteiger partial charge in [-0.1, -0.05) is 13.0 Å². The molecule has 1 fully saturated rings. The van der Waals surface area contributed by atoms with Gasteiger partial charge in [0, 0.05) is 45.5 Å². The normalized spacial score (nSPS) is 17.8. The molecule has 0 bridgehead atoms. The lowest BCUT2D eigenvalue weighted by atomic mass is 10.0. The lowest BCUT2D eigenvalue weighted by Gasteiger charge is -2.33. The summed E-state index contributed by atoms with van der Waals surface area (Å²) in [5.41, 5.74) is 2.54. The number of piperidine rings is 1. The summed E-state index contributed by atoms with van der Waals surface area (Å²) < 4.78 is 0. The second-order valence-corrected chi connectivity index (χ2v) is 7.71. The van der Waals surface area contributed by atoms with Crippen LogP contribution >= 0.6 is 11.3 Å². The van der Waals surface area contributed by atoms with E-state index < -0.39 is 0 Å². The predicted octanol–water partition coefficient (Wildman–Crippen LogP) is 3.08. The number of likely N-dealkylation sites (tertiary alicyclic amines) is 1. The van der Waals surface area contributed by atoms with E-state index in [9.17, 15) is 0 Å². The molecule has 26 heavy (non-hydrogen) atoms. The zero-order valence-corrected chi connectivity index (χ0v) is 16.5. The Labute approximate surface area is 160 Å². The topological polar surface area (TPSA) is 52.6 Å². The fourth-order valence-electron chi connectivity index (χ4n) is 3.27. The Bertz CT molecular complexity index is 663. The second kappa shape index (κ2) is 9.69. The van der Waals surface area contributed by atoms with Crippen LogP contribution in [0.25, 0.3) is 0 Å². The van der Waals surface area contributed by atoms with Gasteiger partial charge in [0.1, 0.15) is 0 Å². The van der Waals surface area contributed by atoms with E-state index in [-0.39, 0.29) is 0 Å². The van der Waals surface area contributed by atoms with E-state index in [0.29, 0.717) is 12.0 Å². The van der Waals surface area contributed by atoms with Crippen LogP contribution in [0, 0.1) is 0 Å². The van der Waals surface area contributed by atoms with E-state index in [0.717, 1.165) is 50.7 Å². The van der Waals surface area contributed by atoms with Crippen molar-refractivity contribution in [3.05, 3.63) is 52.5 Å². The fraction of sp³-hybridized carbons (Fsp3) is 0.500. The molecule has 3 heterocycles. The molecule has 1 atom stereocenters. The van der Waals surface area contributed by atoms with Crippen molar-refractivity contribution in [3.8, 4) is 0 Å². The Morgan fingerprint density at radius 2 is 2.19 bits per heavy atom. The minimum Gasteiger partial charge on any atom is -0.356 e. The van der Waals surface area contributed by atoms with E-state index in [1.165, 1.54) is 5.56 Å². The van der Waals surface area contributed by atoms with Crippen molar-refractivity contribution >= 4 is 17.3 Å². The van der Waals surface area contributed by atoms with E-state index in [2.05, 4.69) is 61.4 Å². The Hall–Kier alpha value is -1.92. The van der Waals surface area contributed by atoms with Gasteiger partial charge in [0.15, 0.2) is 5.96 Å². The van der Waals surface area contributed by atoms with Crippen LogP contribution in [0.2, 0.25) is 0 Å². The zero-order valence-electron chi connectivity index (χ0n) is 15.7. The first-order valence-corrected chi connectivity index (χ1v) is 10.3. The minimum atomic E-state index is 0.484. The van der Waals surface area contributed by atoms with Crippen LogP contribution < -0.4 is 10.6 Å². The summed E-state index contributed by atoms with van der Waals surface area (Å²) in [4.78, 5) is 11.3. The average Bonchev–Trinajstić information content (AvgIpc) is 3.22. The summed E-state index contributed by atoms with van der Waals surface area (Å²) in [6.07, 6.45) is 4.14. The summed E-state index contributed by atoms with van der Waals surface area (Å²) in [5.74, 6) is 1.40. The highest BCUT2D eigenvalue weighted by atomic mass is 32.1. The van der Waals surface area contributed by atoms with Gasteiger partial charge in [0.25, 0.3) is 0 Å². The number of hydrogen-bond donors (Lipinski definition) is 2. The molecule has 1 unspecified atom stereocenters. The second-order valence-electron chi connectivity index (χ2n) is 6.93. The summed E-state index contributed by atoms with van der Waals surface area (Å²) >= 11 is 1.75. The third kappa shape index (κ3) is 5.54. The zero-order chi connectivity index (χ0) is 18.2. The van der Waals surface area contributed by atoms with Crippen molar-refractivity contribution in [1.29, 1.82) is 0 Å².